The van der Waals surface area contributed by atoms with Gasteiger partial charge in [-0.1, -0.05) is 13.0 Å². The van der Waals surface area contributed by atoms with Crippen molar-refractivity contribution in [2.75, 3.05) is 18.6 Å². The Hall–Kier alpha value is -0.0800. The van der Waals surface area contributed by atoms with Crippen LogP contribution in [0.1, 0.15) is 19.4 Å². The van der Waals surface area contributed by atoms with Crippen molar-refractivity contribution >= 4 is 37.7 Å². The topological polar surface area (TPSA) is 58.2 Å². The monoisotopic (exact) mass is 380 g/mol. The maximum absolute atomic E-state index is 12.3. The third kappa shape index (κ3) is 5.37. The molecule has 1 unspecified atom stereocenters. The summed E-state index contributed by atoms with van der Waals surface area (Å²) in [5.41, 5.74) is 1.04. The van der Waals surface area contributed by atoms with Crippen molar-refractivity contribution in [3.05, 3.63) is 28.2 Å². The van der Waals surface area contributed by atoms with Gasteiger partial charge in [-0.15, -0.1) is 0 Å². The van der Waals surface area contributed by atoms with Gasteiger partial charge < -0.3 is 5.32 Å². The molecule has 0 amide bonds. The van der Waals surface area contributed by atoms with Gasteiger partial charge >= 0.3 is 0 Å². The van der Waals surface area contributed by atoms with E-state index in [2.05, 4.69) is 32.9 Å². The molecular formula is C13H21BrN2O2S2. The minimum Gasteiger partial charge on any atom is -0.316 e. The molecule has 0 aliphatic rings. The second kappa shape index (κ2) is 8.38. The van der Waals surface area contributed by atoms with E-state index < -0.39 is 10.0 Å². The molecule has 1 aromatic rings. The Bertz CT molecular complexity index is 535. The molecule has 1 aromatic carbocycles. The minimum absolute atomic E-state index is 0.0890. The number of rotatable bonds is 8. The van der Waals surface area contributed by atoms with Gasteiger partial charge in [0.15, 0.2) is 0 Å². The first-order valence-corrected chi connectivity index (χ1v) is 9.87. The Kier molecular flexibility index (Phi) is 7.53. The number of nitrogens with one attached hydrogen (secondary N) is 2. The average molecular weight is 381 g/mol. The summed E-state index contributed by atoms with van der Waals surface area (Å²) < 4.78 is 28.0. The first-order valence-electron chi connectivity index (χ1n) is 6.43. The molecule has 114 valence electrons. The van der Waals surface area contributed by atoms with Crippen LogP contribution in [0, 0.1) is 0 Å². The van der Waals surface area contributed by atoms with Crippen molar-refractivity contribution in [2.24, 2.45) is 0 Å². The summed E-state index contributed by atoms with van der Waals surface area (Å²) >= 11 is 5.06. The second-order valence-corrected chi connectivity index (χ2v) is 8.33. The van der Waals surface area contributed by atoms with E-state index >= 15 is 0 Å². The smallest absolute Gasteiger partial charge is 0.241 e. The van der Waals surface area contributed by atoms with E-state index in [9.17, 15) is 8.42 Å². The van der Waals surface area contributed by atoms with Crippen LogP contribution in [-0.4, -0.2) is 33.0 Å². The fourth-order valence-corrected chi connectivity index (χ4v) is 4.88. The zero-order chi connectivity index (χ0) is 15.2. The summed E-state index contributed by atoms with van der Waals surface area (Å²) in [6, 6.07) is 5.20. The molecule has 0 aliphatic carbocycles. The SMILES string of the molecule is CCSCC(C)NS(=O)(=O)c1ccc(CNC)cc1Br. The summed E-state index contributed by atoms with van der Waals surface area (Å²) in [7, 11) is -1.63. The maximum Gasteiger partial charge on any atom is 0.241 e. The lowest BCUT2D eigenvalue weighted by molar-refractivity contribution is 0.570. The average Bonchev–Trinajstić information content (AvgIpc) is 2.36. The summed E-state index contributed by atoms with van der Waals surface area (Å²) in [5.74, 6) is 1.75. The van der Waals surface area contributed by atoms with E-state index in [1.165, 1.54) is 0 Å². The molecule has 0 heterocycles. The van der Waals surface area contributed by atoms with Crippen molar-refractivity contribution in [3.8, 4) is 0 Å². The van der Waals surface area contributed by atoms with Crippen molar-refractivity contribution in [1.29, 1.82) is 0 Å². The first kappa shape index (κ1) is 18.0. The minimum atomic E-state index is -3.48. The van der Waals surface area contributed by atoms with Gasteiger partial charge in [-0.2, -0.15) is 11.8 Å². The van der Waals surface area contributed by atoms with Gasteiger partial charge in [0.1, 0.15) is 0 Å². The molecule has 0 saturated carbocycles. The Morgan fingerprint density at radius 2 is 2.10 bits per heavy atom. The third-order valence-corrected chi connectivity index (χ3v) is 6.31. The second-order valence-electron chi connectivity index (χ2n) is 4.48. The third-order valence-electron chi connectivity index (χ3n) is 2.60. The molecule has 1 rings (SSSR count). The lowest BCUT2D eigenvalue weighted by Crippen LogP contribution is -2.34. The van der Waals surface area contributed by atoms with E-state index in [4.69, 9.17) is 0 Å². The van der Waals surface area contributed by atoms with Crippen LogP contribution in [0.5, 0.6) is 0 Å². The molecule has 0 fully saturated rings. The van der Waals surface area contributed by atoms with Gasteiger partial charge in [0, 0.05) is 22.8 Å². The van der Waals surface area contributed by atoms with Gasteiger partial charge in [0.05, 0.1) is 4.90 Å². The standard InChI is InChI=1S/C13H21BrN2O2S2/c1-4-19-9-10(2)16-20(17,18)13-6-5-11(8-15-3)7-12(13)14/h5-7,10,15-16H,4,8-9H2,1-3H3. The zero-order valence-electron chi connectivity index (χ0n) is 11.9. The number of sulfonamides is 1. The van der Waals surface area contributed by atoms with E-state index in [0.29, 0.717) is 11.0 Å². The predicted octanol–water partition coefficient (Wildman–Crippen LogP) is 2.59. The van der Waals surface area contributed by atoms with E-state index in [1.807, 2.05) is 26.1 Å². The highest BCUT2D eigenvalue weighted by Gasteiger charge is 2.20. The van der Waals surface area contributed by atoms with Gasteiger partial charge in [-0.25, -0.2) is 13.1 Å². The first-order chi connectivity index (χ1) is 9.40. The van der Waals surface area contributed by atoms with E-state index in [-0.39, 0.29) is 10.9 Å². The molecular weight excluding hydrogens is 360 g/mol. The number of halogens is 1. The van der Waals surface area contributed by atoms with Crippen LogP contribution in [0.3, 0.4) is 0 Å². The molecule has 0 spiro atoms. The van der Waals surface area contributed by atoms with Gasteiger partial charge in [0.25, 0.3) is 0 Å². The molecule has 1 atom stereocenters. The van der Waals surface area contributed by atoms with Crippen LogP contribution in [0.15, 0.2) is 27.6 Å². The lowest BCUT2D eigenvalue weighted by Gasteiger charge is -2.15. The van der Waals surface area contributed by atoms with Crippen molar-refractivity contribution in [1.82, 2.24) is 10.0 Å². The molecule has 2 N–H and O–H groups in total. The Labute approximate surface area is 134 Å². The summed E-state index contributed by atoms with van der Waals surface area (Å²) in [4.78, 5) is 0.283. The number of benzene rings is 1. The molecule has 4 nitrogen and oxygen atoms in total. The van der Waals surface area contributed by atoms with Crippen molar-refractivity contribution in [3.63, 3.8) is 0 Å². The van der Waals surface area contributed by atoms with Crippen LogP contribution in [0.25, 0.3) is 0 Å². The van der Waals surface area contributed by atoms with E-state index in [0.717, 1.165) is 17.1 Å². The quantitative estimate of drug-likeness (QED) is 0.727. The molecule has 20 heavy (non-hydrogen) atoms. The maximum atomic E-state index is 12.3. The fraction of sp³-hybridized carbons (Fsp3) is 0.538. The molecule has 0 bridgehead atoms. The van der Waals surface area contributed by atoms with Gasteiger partial charge in [-0.05, 0) is 53.4 Å². The molecule has 0 aromatic heterocycles. The molecule has 0 radical (unpaired) electrons. The van der Waals surface area contributed by atoms with E-state index in [1.54, 1.807) is 17.8 Å². The highest BCUT2D eigenvalue weighted by atomic mass is 79.9. The van der Waals surface area contributed by atoms with Crippen LogP contribution in [0.2, 0.25) is 0 Å². The lowest BCUT2D eigenvalue weighted by atomic mass is 10.2. The number of hydrogen-bond donors (Lipinski definition) is 2. The fourth-order valence-electron chi connectivity index (χ4n) is 1.73. The van der Waals surface area contributed by atoms with Crippen LogP contribution in [0.4, 0.5) is 0 Å². The van der Waals surface area contributed by atoms with Crippen LogP contribution >= 0.6 is 27.7 Å². The molecule has 0 saturated heterocycles. The van der Waals surface area contributed by atoms with Crippen LogP contribution in [-0.2, 0) is 16.6 Å². The highest BCUT2D eigenvalue weighted by molar-refractivity contribution is 9.10. The summed E-state index contributed by atoms with van der Waals surface area (Å²) in [6.45, 7) is 4.64. The van der Waals surface area contributed by atoms with Crippen molar-refractivity contribution < 1.29 is 8.42 Å². The predicted molar refractivity (Wildman–Crippen MR) is 89.7 cm³/mol. The summed E-state index contributed by atoms with van der Waals surface area (Å²) in [6.07, 6.45) is 0. The molecule has 7 heteroatoms. The van der Waals surface area contributed by atoms with Gasteiger partial charge in [0.2, 0.25) is 10.0 Å². The normalized spacial score (nSPS) is 13.4. The zero-order valence-corrected chi connectivity index (χ0v) is 15.2. The highest BCUT2D eigenvalue weighted by Crippen LogP contribution is 2.23. The Morgan fingerprint density at radius 1 is 1.40 bits per heavy atom. The summed E-state index contributed by atoms with van der Waals surface area (Å²) in [5, 5.41) is 3.04. The number of hydrogen-bond acceptors (Lipinski definition) is 4. The van der Waals surface area contributed by atoms with Gasteiger partial charge in [-0.3, -0.25) is 0 Å². The number of thioether (sulfide) groups is 1. The Balaban J connectivity index is 2.87. The molecule has 0 aliphatic heterocycles. The van der Waals surface area contributed by atoms with Crippen LogP contribution < -0.4 is 10.0 Å². The van der Waals surface area contributed by atoms with Crippen molar-refractivity contribution in [2.45, 2.75) is 31.3 Å². The largest absolute Gasteiger partial charge is 0.316 e. The Morgan fingerprint density at radius 3 is 2.65 bits per heavy atom.